The Morgan fingerprint density at radius 1 is 1.19 bits per heavy atom. The van der Waals surface area contributed by atoms with Gasteiger partial charge >= 0.3 is 0 Å². The third-order valence-electron chi connectivity index (χ3n) is 4.18. The summed E-state index contributed by atoms with van der Waals surface area (Å²) in [5, 5.41) is 12.9. The van der Waals surface area contributed by atoms with E-state index in [1.54, 1.807) is 18.3 Å². The molecule has 140 valence electrons. The molecule has 7 heteroatoms. The zero-order valence-electron chi connectivity index (χ0n) is 15.6. The van der Waals surface area contributed by atoms with E-state index in [0.717, 1.165) is 16.6 Å². The smallest absolute Gasteiger partial charge is 0.252 e. The number of nitrogens with one attached hydrogen (secondary N) is 3. The Balaban J connectivity index is 1.85. The Kier molecular flexibility index (Phi) is 5.49. The van der Waals surface area contributed by atoms with Crippen molar-refractivity contribution < 1.29 is 9.59 Å². The van der Waals surface area contributed by atoms with Crippen LogP contribution >= 0.6 is 0 Å². The molecule has 0 fully saturated rings. The Morgan fingerprint density at radius 2 is 1.96 bits per heavy atom. The second-order valence-corrected chi connectivity index (χ2v) is 6.94. The molecule has 0 radical (unpaired) electrons. The van der Waals surface area contributed by atoms with E-state index in [1.807, 2.05) is 45.0 Å². The molecular weight excluding hydrogens is 342 g/mol. The minimum Gasteiger partial charge on any atom is -0.340 e. The van der Waals surface area contributed by atoms with E-state index in [1.165, 1.54) is 0 Å². The summed E-state index contributed by atoms with van der Waals surface area (Å²) < 4.78 is 0. The molecule has 0 saturated carbocycles. The van der Waals surface area contributed by atoms with Crippen molar-refractivity contribution in [3.05, 3.63) is 53.9 Å². The number of amides is 2. The van der Waals surface area contributed by atoms with Gasteiger partial charge in [-0.3, -0.25) is 19.7 Å². The highest BCUT2D eigenvalue weighted by Crippen LogP contribution is 2.19. The lowest BCUT2D eigenvalue weighted by Crippen LogP contribution is -2.44. The number of carbonyl (C=O) groups is 2. The van der Waals surface area contributed by atoms with E-state index < -0.39 is 6.04 Å². The molecule has 0 bridgehead atoms. The van der Waals surface area contributed by atoms with Crippen LogP contribution < -0.4 is 10.6 Å². The maximum absolute atomic E-state index is 13.0. The van der Waals surface area contributed by atoms with Crippen LogP contribution in [0.25, 0.3) is 10.9 Å². The van der Waals surface area contributed by atoms with Crippen molar-refractivity contribution in [2.75, 3.05) is 5.32 Å². The summed E-state index contributed by atoms with van der Waals surface area (Å²) >= 11 is 0. The number of nitrogens with zero attached hydrogens (tertiary/aromatic N) is 2. The highest BCUT2D eigenvalue weighted by Gasteiger charge is 2.24. The van der Waals surface area contributed by atoms with Gasteiger partial charge in [-0.25, -0.2) is 0 Å². The van der Waals surface area contributed by atoms with Crippen molar-refractivity contribution in [2.24, 2.45) is 5.92 Å². The number of fused-ring (bicyclic) bond motifs is 1. The molecule has 3 N–H and O–H groups in total. The molecule has 0 aliphatic carbocycles. The second kappa shape index (κ2) is 7.99. The number of benzene rings is 1. The van der Waals surface area contributed by atoms with Gasteiger partial charge < -0.3 is 10.6 Å². The van der Waals surface area contributed by atoms with Gasteiger partial charge in [0.25, 0.3) is 5.91 Å². The average molecular weight is 365 g/mol. The molecule has 2 heterocycles. The molecule has 0 unspecified atom stereocenters. The van der Waals surface area contributed by atoms with Gasteiger partial charge in [0.1, 0.15) is 11.9 Å². The number of hydrogen-bond donors (Lipinski definition) is 3. The zero-order valence-corrected chi connectivity index (χ0v) is 15.6. The summed E-state index contributed by atoms with van der Waals surface area (Å²) in [6, 6.07) is 10.2. The number of aryl methyl sites for hydroxylation is 1. The van der Waals surface area contributed by atoms with Crippen LogP contribution in [0.15, 0.2) is 42.6 Å². The summed E-state index contributed by atoms with van der Waals surface area (Å²) in [4.78, 5) is 30.1. The highest BCUT2D eigenvalue weighted by atomic mass is 16.2. The van der Waals surface area contributed by atoms with E-state index in [2.05, 4.69) is 25.8 Å². The third-order valence-corrected chi connectivity index (χ3v) is 4.18. The first kappa shape index (κ1) is 18.6. The number of para-hydroxylation sites is 1. The maximum atomic E-state index is 13.0. The first-order valence-corrected chi connectivity index (χ1v) is 8.91. The Bertz CT molecular complexity index is 950. The zero-order chi connectivity index (χ0) is 19.4. The van der Waals surface area contributed by atoms with Crippen LogP contribution in [0.3, 0.4) is 0 Å². The number of H-pyrrole nitrogens is 1. The largest absolute Gasteiger partial charge is 0.340 e. The van der Waals surface area contributed by atoms with Crippen LogP contribution in [0.5, 0.6) is 0 Å². The minimum atomic E-state index is -0.659. The lowest BCUT2D eigenvalue weighted by atomic mass is 10.0. The summed E-state index contributed by atoms with van der Waals surface area (Å²) in [6.07, 6.45) is 2.07. The van der Waals surface area contributed by atoms with Gasteiger partial charge in [-0.05, 0) is 31.4 Å². The topological polar surface area (TPSA) is 99.8 Å². The van der Waals surface area contributed by atoms with Crippen LogP contribution in [0.1, 0.15) is 36.3 Å². The van der Waals surface area contributed by atoms with Crippen LogP contribution in [0.2, 0.25) is 0 Å². The van der Waals surface area contributed by atoms with E-state index in [0.29, 0.717) is 17.8 Å². The van der Waals surface area contributed by atoms with Crippen LogP contribution in [0.4, 0.5) is 5.82 Å². The molecule has 2 amide bonds. The van der Waals surface area contributed by atoms with Gasteiger partial charge in [0, 0.05) is 17.1 Å². The number of aromatic amines is 1. The fourth-order valence-electron chi connectivity index (χ4n) is 2.98. The first-order chi connectivity index (χ1) is 12.9. The lowest BCUT2D eigenvalue weighted by Gasteiger charge is -2.20. The molecule has 0 aliphatic heterocycles. The third kappa shape index (κ3) is 4.49. The quantitative estimate of drug-likeness (QED) is 0.625. The van der Waals surface area contributed by atoms with Gasteiger partial charge in [-0.1, -0.05) is 32.0 Å². The second-order valence-electron chi connectivity index (χ2n) is 6.94. The molecule has 27 heavy (non-hydrogen) atoms. The van der Waals surface area contributed by atoms with E-state index in [-0.39, 0.29) is 17.7 Å². The molecule has 0 spiro atoms. The lowest BCUT2D eigenvalue weighted by molar-refractivity contribution is -0.118. The average Bonchev–Trinajstić information content (AvgIpc) is 3.12. The fourth-order valence-corrected chi connectivity index (χ4v) is 2.98. The van der Waals surface area contributed by atoms with Crippen molar-refractivity contribution in [3.8, 4) is 0 Å². The van der Waals surface area contributed by atoms with Crippen molar-refractivity contribution in [1.29, 1.82) is 0 Å². The van der Waals surface area contributed by atoms with Crippen LogP contribution in [-0.4, -0.2) is 33.0 Å². The number of anilines is 1. The molecule has 3 rings (SSSR count). The van der Waals surface area contributed by atoms with Crippen molar-refractivity contribution >= 4 is 28.5 Å². The van der Waals surface area contributed by atoms with Gasteiger partial charge in [-0.15, -0.1) is 0 Å². The highest BCUT2D eigenvalue weighted by molar-refractivity contribution is 6.08. The van der Waals surface area contributed by atoms with Crippen molar-refractivity contribution in [1.82, 2.24) is 20.5 Å². The number of carbonyl (C=O) groups excluding carboxylic acids is 2. The summed E-state index contributed by atoms with van der Waals surface area (Å²) in [7, 11) is 0. The van der Waals surface area contributed by atoms with Gasteiger partial charge in [0.15, 0.2) is 0 Å². The van der Waals surface area contributed by atoms with Crippen LogP contribution in [-0.2, 0) is 4.79 Å². The Hall–Kier alpha value is -3.22. The van der Waals surface area contributed by atoms with E-state index in [4.69, 9.17) is 0 Å². The molecule has 2 aromatic heterocycles. The monoisotopic (exact) mass is 365 g/mol. The molecule has 1 aromatic carbocycles. The van der Waals surface area contributed by atoms with Crippen LogP contribution in [0, 0.1) is 12.8 Å². The molecule has 0 aliphatic rings. The van der Waals surface area contributed by atoms with Crippen molar-refractivity contribution in [2.45, 2.75) is 33.2 Å². The summed E-state index contributed by atoms with van der Waals surface area (Å²) in [5.74, 6) is 0.158. The standard InChI is InChI=1S/C20H23N5O2/c1-12(2)10-17(20(27)24-18-8-9-21-25-18)23-19(26)15-11-13(3)22-16-7-5-4-6-14(15)16/h4-9,11-12,17H,10H2,1-3H3,(H,23,26)(H2,21,24,25,27)/t17-/m1/s1. The summed E-state index contributed by atoms with van der Waals surface area (Å²) in [5.41, 5.74) is 2.02. The number of aromatic nitrogens is 3. The molecule has 7 nitrogen and oxygen atoms in total. The molecule has 0 saturated heterocycles. The van der Waals surface area contributed by atoms with E-state index >= 15 is 0 Å². The fraction of sp³-hybridized carbons (Fsp3) is 0.300. The van der Waals surface area contributed by atoms with Gasteiger partial charge in [0.05, 0.1) is 17.3 Å². The summed E-state index contributed by atoms with van der Waals surface area (Å²) in [6.45, 7) is 5.86. The van der Waals surface area contributed by atoms with Gasteiger partial charge in [-0.2, -0.15) is 5.10 Å². The normalized spacial score (nSPS) is 12.1. The predicted molar refractivity (Wildman–Crippen MR) is 104 cm³/mol. The Labute approximate surface area is 157 Å². The van der Waals surface area contributed by atoms with Gasteiger partial charge in [0.2, 0.25) is 5.91 Å². The minimum absolute atomic E-state index is 0.235. The molecular formula is C20H23N5O2. The van der Waals surface area contributed by atoms with Crippen molar-refractivity contribution in [3.63, 3.8) is 0 Å². The number of hydrogen-bond acceptors (Lipinski definition) is 4. The number of pyridine rings is 1. The molecule has 3 aromatic rings. The predicted octanol–water partition coefficient (Wildman–Crippen LogP) is 3.05. The number of rotatable bonds is 6. The maximum Gasteiger partial charge on any atom is 0.252 e. The Morgan fingerprint density at radius 3 is 2.67 bits per heavy atom. The first-order valence-electron chi connectivity index (χ1n) is 8.91. The van der Waals surface area contributed by atoms with E-state index in [9.17, 15) is 9.59 Å². The SMILES string of the molecule is Cc1cc(C(=O)N[C@H](CC(C)C)C(=O)Nc2ccn[nH]2)c2ccccc2n1. The molecule has 1 atom stereocenters.